The maximum absolute atomic E-state index is 6.13. The Morgan fingerprint density at radius 3 is 2.14 bits per heavy atom. The van der Waals surface area contributed by atoms with Crippen LogP contribution in [-0.4, -0.2) is 22.8 Å². The van der Waals surface area contributed by atoms with Gasteiger partial charge >= 0.3 is 0 Å². The van der Waals surface area contributed by atoms with Gasteiger partial charge in [0.15, 0.2) is 17.5 Å². The highest BCUT2D eigenvalue weighted by Gasteiger charge is 2.17. The Labute approximate surface area is 208 Å². The molecule has 0 amide bonds. The molecule has 0 radical (unpaired) electrons. The van der Waals surface area contributed by atoms with Gasteiger partial charge in [-0.3, -0.25) is 0 Å². The smallest absolute Gasteiger partial charge is 0.164 e. The fraction of sp³-hybridized carbons (Fsp3) is 0. The van der Waals surface area contributed by atoms with Crippen LogP contribution < -0.4 is 5.46 Å². The van der Waals surface area contributed by atoms with Gasteiger partial charge in [0, 0.05) is 27.5 Å². The minimum atomic E-state index is 0.625. The minimum absolute atomic E-state index is 0.625. The molecule has 168 valence electrons. The highest BCUT2D eigenvalue weighted by molar-refractivity contribution is 6.38. The third kappa shape index (κ3) is 3.36. The van der Waals surface area contributed by atoms with Gasteiger partial charge in [-0.1, -0.05) is 96.5 Å². The fourth-order valence-electron chi connectivity index (χ4n) is 4.89. The monoisotopic (exact) mass is 461 g/mol. The number of nitrogens with zero attached hydrogens (tertiary/aromatic N) is 3. The van der Waals surface area contributed by atoms with E-state index in [-0.39, 0.29) is 0 Å². The Balaban J connectivity index is 1.50. The van der Waals surface area contributed by atoms with Gasteiger partial charge in [0.05, 0.1) is 0 Å². The first-order valence-corrected chi connectivity index (χ1v) is 12.0. The molecule has 0 unspecified atom stereocenters. The Kier molecular flexibility index (Phi) is 4.67. The van der Waals surface area contributed by atoms with Gasteiger partial charge in [-0.05, 0) is 29.0 Å². The van der Waals surface area contributed by atoms with Crippen LogP contribution in [0.3, 0.4) is 0 Å². The number of furan rings is 1. The zero-order valence-electron chi connectivity index (χ0n) is 19.6. The third-order valence-electron chi connectivity index (χ3n) is 6.67. The molecular weight excluding hydrogens is 441 g/mol. The van der Waals surface area contributed by atoms with Crippen LogP contribution in [0.1, 0.15) is 0 Å². The molecule has 0 spiro atoms. The highest BCUT2D eigenvalue weighted by atomic mass is 16.3. The van der Waals surface area contributed by atoms with Crippen LogP contribution in [0.5, 0.6) is 0 Å². The zero-order valence-corrected chi connectivity index (χ0v) is 19.6. The van der Waals surface area contributed by atoms with Crippen molar-refractivity contribution in [2.24, 2.45) is 0 Å². The van der Waals surface area contributed by atoms with Crippen molar-refractivity contribution in [2.45, 2.75) is 0 Å². The lowest BCUT2D eigenvalue weighted by Gasteiger charge is -2.10. The molecule has 5 aromatic carbocycles. The summed E-state index contributed by atoms with van der Waals surface area (Å²) in [6.07, 6.45) is 0. The molecule has 0 atom stereocenters. The van der Waals surface area contributed by atoms with Crippen molar-refractivity contribution in [2.75, 3.05) is 0 Å². The largest absolute Gasteiger partial charge is 0.456 e. The highest BCUT2D eigenvalue weighted by Crippen LogP contribution is 2.36. The molecule has 0 bridgehead atoms. The predicted molar refractivity (Wildman–Crippen MR) is 149 cm³/mol. The number of hydrogen-bond acceptors (Lipinski definition) is 4. The SMILES string of the molecule is Bc1cccc2cc(-c3nc(-c4ccccc4)nc(-c4cccc5oc6ccccc6c45)n3)ccc12. The average molecular weight is 461 g/mol. The number of fused-ring (bicyclic) bond motifs is 4. The number of rotatable bonds is 3. The second-order valence-electron chi connectivity index (χ2n) is 8.96. The van der Waals surface area contributed by atoms with Crippen LogP contribution in [0, 0.1) is 0 Å². The van der Waals surface area contributed by atoms with Gasteiger partial charge in [-0.2, -0.15) is 0 Å². The molecule has 0 fully saturated rings. The standard InChI is InChI=1S/C31H20BN3O/c32-25-13-6-10-20-18-21(16-17-22(20)25)30-33-29(19-8-2-1-3-9-19)34-31(35-30)24-12-7-15-27-28(24)23-11-4-5-14-26(23)36-27/h1-18H,32H2. The molecule has 7 rings (SSSR count). The average Bonchev–Trinajstić information content (AvgIpc) is 3.32. The summed E-state index contributed by atoms with van der Waals surface area (Å²) >= 11 is 0. The zero-order chi connectivity index (χ0) is 24.1. The van der Waals surface area contributed by atoms with E-state index in [1.54, 1.807) is 0 Å². The van der Waals surface area contributed by atoms with E-state index in [0.717, 1.165) is 38.6 Å². The van der Waals surface area contributed by atoms with Crippen molar-refractivity contribution in [3.05, 3.63) is 109 Å². The summed E-state index contributed by atoms with van der Waals surface area (Å²) in [5.74, 6) is 1.91. The van der Waals surface area contributed by atoms with E-state index in [9.17, 15) is 0 Å². The van der Waals surface area contributed by atoms with Crippen molar-refractivity contribution in [1.82, 2.24) is 15.0 Å². The molecule has 0 saturated carbocycles. The fourth-order valence-corrected chi connectivity index (χ4v) is 4.89. The van der Waals surface area contributed by atoms with Crippen LogP contribution in [0.25, 0.3) is 66.9 Å². The normalized spacial score (nSPS) is 11.4. The van der Waals surface area contributed by atoms with Gasteiger partial charge in [0.25, 0.3) is 0 Å². The van der Waals surface area contributed by atoms with Crippen molar-refractivity contribution < 1.29 is 4.42 Å². The Morgan fingerprint density at radius 2 is 1.25 bits per heavy atom. The molecule has 0 saturated heterocycles. The first-order chi connectivity index (χ1) is 17.7. The van der Waals surface area contributed by atoms with E-state index in [4.69, 9.17) is 19.4 Å². The number of para-hydroxylation sites is 1. The van der Waals surface area contributed by atoms with Crippen molar-refractivity contribution in [3.8, 4) is 34.2 Å². The summed E-state index contributed by atoms with van der Waals surface area (Å²) in [4.78, 5) is 14.9. The lowest BCUT2D eigenvalue weighted by Crippen LogP contribution is -2.03. The van der Waals surface area contributed by atoms with E-state index < -0.39 is 0 Å². The molecule has 2 aromatic heterocycles. The van der Waals surface area contributed by atoms with Crippen molar-refractivity contribution >= 4 is 46.0 Å². The van der Waals surface area contributed by atoms with E-state index in [1.807, 2.05) is 60.7 Å². The topological polar surface area (TPSA) is 51.8 Å². The second kappa shape index (κ2) is 8.17. The first kappa shape index (κ1) is 20.6. The van der Waals surface area contributed by atoms with Crippen molar-refractivity contribution in [1.29, 1.82) is 0 Å². The molecule has 0 aliphatic rings. The van der Waals surface area contributed by atoms with Gasteiger partial charge in [0.1, 0.15) is 19.0 Å². The number of benzene rings is 5. The van der Waals surface area contributed by atoms with Crippen LogP contribution >= 0.6 is 0 Å². The van der Waals surface area contributed by atoms with Gasteiger partial charge in [-0.25, -0.2) is 15.0 Å². The maximum atomic E-state index is 6.13. The molecule has 2 heterocycles. The van der Waals surface area contributed by atoms with E-state index in [2.05, 4.69) is 56.4 Å². The quantitative estimate of drug-likeness (QED) is 0.295. The van der Waals surface area contributed by atoms with E-state index >= 15 is 0 Å². The predicted octanol–water partition coefficient (Wildman–Crippen LogP) is 6.18. The lowest BCUT2D eigenvalue weighted by atomic mass is 9.89. The van der Waals surface area contributed by atoms with Crippen LogP contribution in [0.15, 0.2) is 114 Å². The molecule has 0 aliphatic heterocycles. The van der Waals surface area contributed by atoms with Crippen molar-refractivity contribution in [3.63, 3.8) is 0 Å². The molecule has 4 nitrogen and oxygen atoms in total. The number of aromatic nitrogens is 3. The Hall–Kier alpha value is -4.77. The van der Waals surface area contributed by atoms with Crippen LogP contribution in [0.2, 0.25) is 0 Å². The molecule has 0 N–H and O–H groups in total. The molecule has 5 heteroatoms. The maximum Gasteiger partial charge on any atom is 0.164 e. The Bertz CT molecular complexity index is 1910. The summed E-state index contributed by atoms with van der Waals surface area (Å²) < 4.78 is 6.13. The lowest BCUT2D eigenvalue weighted by molar-refractivity contribution is 0.669. The Morgan fingerprint density at radius 1 is 0.528 bits per heavy atom. The molecular formula is C31H20BN3O. The third-order valence-corrected chi connectivity index (χ3v) is 6.67. The van der Waals surface area contributed by atoms with Gasteiger partial charge in [0.2, 0.25) is 0 Å². The number of hydrogen-bond donors (Lipinski definition) is 0. The van der Waals surface area contributed by atoms with E-state index in [0.29, 0.717) is 17.5 Å². The summed E-state index contributed by atoms with van der Waals surface area (Å²) in [6.45, 7) is 0. The summed E-state index contributed by atoms with van der Waals surface area (Å²) in [6, 6.07) is 36.9. The summed E-state index contributed by atoms with van der Waals surface area (Å²) in [7, 11) is 2.13. The molecule has 0 aliphatic carbocycles. The van der Waals surface area contributed by atoms with Gasteiger partial charge < -0.3 is 4.42 Å². The summed E-state index contributed by atoms with van der Waals surface area (Å²) in [5.41, 5.74) is 5.75. The van der Waals surface area contributed by atoms with Crippen LogP contribution in [0.4, 0.5) is 0 Å². The van der Waals surface area contributed by atoms with E-state index in [1.165, 1.54) is 16.2 Å². The van der Waals surface area contributed by atoms with Crippen LogP contribution in [-0.2, 0) is 0 Å². The first-order valence-electron chi connectivity index (χ1n) is 12.0. The second-order valence-corrected chi connectivity index (χ2v) is 8.96. The minimum Gasteiger partial charge on any atom is -0.456 e. The summed E-state index contributed by atoms with van der Waals surface area (Å²) in [5, 5.41) is 4.46. The van der Waals surface area contributed by atoms with Gasteiger partial charge in [-0.15, -0.1) is 0 Å². The molecule has 36 heavy (non-hydrogen) atoms. The molecule has 7 aromatic rings.